The molecular formula is C11H15BrFN. The van der Waals surface area contributed by atoms with Crippen molar-refractivity contribution in [3.63, 3.8) is 0 Å². The van der Waals surface area contributed by atoms with Crippen LogP contribution in [0.3, 0.4) is 0 Å². The summed E-state index contributed by atoms with van der Waals surface area (Å²) in [6.45, 7) is 7.31. The summed E-state index contributed by atoms with van der Waals surface area (Å²) in [5.74, 6) is -0.224. The molecule has 0 radical (unpaired) electrons. The summed E-state index contributed by atoms with van der Waals surface area (Å²) in [7, 11) is 0. The maximum Gasteiger partial charge on any atom is 0.124 e. The Labute approximate surface area is 92.8 Å². The molecule has 0 aromatic heterocycles. The van der Waals surface area contributed by atoms with E-state index in [1.807, 2.05) is 0 Å². The zero-order valence-corrected chi connectivity index (χ0v) is 10.3. The van der Waals surface area contributed by atoms with Gasteiger partial charge in [-0.05, 0) is 39.5 Å². The summed E-state index contributed by atoms with van der Waals surface area (Å²) >= 11 is 3.31. The molecule has 0 unspecified atom stereocenters. The van der Waals surface area contributed by atoms with Gasteiger partial charge in [0.15, 0.2) is 0 Å². The van der Waals surface area contributed by atoms with E-state index in [9.17, 15) is 4.39 Å². The van der Waals surface area contributed by atoms with Gasteiger partial charge in [-0.2, -0.15) is 0 Å². The fourth-order valence-electron chi connectivity index (χ4n) is 0.993. The SMILES string of the molecule is CC(C)(C)CNc1ccc(F)cc1Br. The molecule has 1 aromatic carbocycles. The summed E-state index contributed by atoms with van der Waals surface area (Å²) in [6, 6.07) is 4.66. The van der Waals surface area contributed by atoms with Crippen LogP contribution in [0.2, 0.25) is 0 Å². The van der Waals surface area contributed by atoms with Gasteiger partial charge < -0.3 is 5.32 Å². The summed E-state index contributed by atoms with van der Waals surface area (Å²) in [5, 5.41) is 3.27. The topological polar surface area (TPSA) is 12.0 Å². The summed E-state index contributed by atoms with van der Waals surface area (Å²) in [5.41, 5.74) is 1.15. The normalized spacial score (nSPS) is 11.5. The molecule has 14 heavy (non-hydrogen) atoms. The largest absolute Gasteiger partial charge is 0.384 e. The van der Waals surface area contributed by atoms with E-state index in [-0.39, 0.29) is 11.2 Å². The van der Waals surface area contributed by atoms with E-state index in [1.165, 1.54) is 12.1 Å². The van der Waals surface area contributed by atoms with E-state index in [2.05, 4.69) is 42.0 Å². The molecule has 0 fully saturated rings. The van der Waals surface area contributed by atoms with Crippen LogP contribution in [0.15, 0.2) is 22.7 Å². The number of hydrogen-bond donors (Lipinski definition) is 1. The van der Waals surface area contributed by atoms with Crippen molar-refractivity contribution in [2.45, 2.75) is 20.8 Å². The first-order valence-electron chi connectivity index (χ1n) is 4.57. The first-order valence-corrected chi connectivity index (χ1v) is 5.37. The molecular weight excluding hydrogens is 245 g/mol. The second kappa shape index (κ2) is 4.30. The lowest BCUT2D eigenvalue weighted by atomic mass is 9.97. The standard InChI is InChI=1S/C11H15BrFN/c1-11(2,3)7-14-10-5-4-8(13)6-9(10)12/h4-6,14H,7H2,1-3H3. The molecule has 1 rings (SSSR count). The Bertz CT molecular complexity index is 318. The Hall–Kier alpha value is -0.570. The molecule has 1 N–H and O–H groups in total. The number of rotatable bonds is 2. The third-order valence-electron chi connectivity index (χ3n) is 1.74. The number of anilines is 1. The second-order valence-corrected chi connectivity index (χ2v) is 5.39. The van der Waals surface area contributed by atoms with Crippen LogP contribution in [0.5, 0.6) is 0 Å². The van der Waals surface area contributed by atoms with Crippen LogP contribution in [0.25, 0.3) is 0 Å². The molecule has 0 bridgehead atoms. The van der Waals surface area contributed by atoms with Crippen LogP contribution < -0.4 is 5.32 Å². The van der Waals surface area contributed by atoms with Crippen LogP contribution in [0.4, 0.5) is 10.1 Å². The molecule has 0 saturated carbocycles. The first kappa shape index (κ1) is 11.5. The molecule has 78 valence electrons. The molecule has 1 nitrogen and oxygen atoms in total. The highest BCUT2D eigenvalue weighted by Crippen LogP contribution is 2.24. The Morgan fingerprint density at radius 2 is 2.00 bits per heavy atom. The molecule has 0 heterocycles. The molecule has 3 heteroatoms. The van der Waals surface area contributed by atoms with Gasteiger partial charge in [-0.1, -0.05) is 20.8 Å². The minimum Gasteiger partial charge on any atom is -0.384 e. The van der Waals surface area contributed by atoms with Gasteiger partial charge in [0.05, 0.1) is 0 Å². The average Bonchev–Trinajstić information content (AvgIpc) is 2.00. The monoisotopic (exact) mass is 259 g/mol. The van der Waals surface area contributed by atoms with Crippen molar-refractivity contribution in [3.8, 4) is 0 Å². The molecule has 0 amide bonds. The Morgan fingerprint density at radius 1 is 1.36 bits per heavy atom. The molecule has 0 spiro atoms. The maximum absolute atomic E-state index is 12.8. The van der Waals surface area contributed by atoms with Crippen LogP contribution in [-0.4, -0.2) is 6.54 Å². The number of halogens is 2. The lowest BCUT2D eigenvalue weighted by Gasteiger charge is -2.20. The fraction of sp³-hybridized carbons (Fsp3) is 0.455. The molecule has 0 atom stereocenters. The van der Waals surface area contributed by atoms with E-state index >= 15 is 0 Å². The third-order valence-corrected chi connectivity index (χ3v) is 2.40. The van der Waals surface area contributed by atoms with E-state index in [1.54, 1.807) is 6.07 Å². The summed E-state index contributed by atoms with van der Waals surface area (Å²) < 4.78 is 13.5. The van der Waals surface area contributed by atoms with Crippen LogP contribution in [0.1, 0.15) is 20.8 Å². The van der Waals surface area contributed by atoms with Crippen molar-refractivity contribution < 1.29 is 4.39 Å². The molecule has 0 aliphatic rings. The fourth-order valence-corrected chi connectivity index (χ4v) is 1.48. The van der Waals surface area contributed by atoms with Gasteiger partial charge in [-0.15, -0.1) is 0 Å². The van der Waals surface area contributed by atoms with Gasteiger partial charge in [-0.3, -0.25) is 0 Å². The van der Waals surface area contributed by atoms with Gasteiger partial charge in [0.2, 0.25) is 0 Å². The van der Waals surface area contributed by atoms with Crippen molar-refractivity contribution >= 4 is 21.6 Å². The molecule has 0 aliphatic heterocycles. The van der Waals surface area contributed by atoms with E-state index in [0.29, 0.717) is 0 Å². The zero-order valence-electron chi connectivity index (χ0n) is 8.70. The summed E-state index contributed by atoms with van der Waals surface area (Å²) in [6.07, 6.45) is 0. The number of benzene rings is 1. The predicted octanol–water partition coefficient (Wildman–Crippen LogP) is 4.05. The maximum atomic E-state index is 12.8. The highest BCUT2D eigenvalue weighted by Gasteiger charge is 2.10. The average molecular weight is 260 g/mol. The lowest BCUT2D eigenvalue weighted by molar-refractivity contribution is 0.443. The lowest BCUT2D eigenvalue weighted by Crippen LogP contribution is -2.19. The van der Waals surface area contributed by atoms with Gasteiger partial charge >= 0.3 is 0 Å². The van der Waals surface area contributed by atoms with Crippen LogP contribution in [-0.2, 0) is 0 Å². The van der Waals surface area contributed by atoms with Gasteiger partial charge in [-0.25, -0.2) is 4.39 Å². The number of nitrogens with one attached hydrogen (secondary N) is 1. The first-order chi connectivity index (χ1) is 6.38. The minimum atomic E-state index is -0.224. The predicted molar refractivity (Wildman–Crippen MR) is 62.0 cm³/mol. The smallest absolute Gasteiger partial charge is 0.124 e. The van der Waals surface area contributed by atoms with Crippen molar-refractivity contribution in [1.82, 2.24) is 0 Å². The Morgan fingerprint density at radius 3 is 2.50 bits per heavy atom. The molecule has 0 saturated heterocycles. The van der Waals surface area contributed by atoms with Crippen LogP contribution >= 0.6 is 15.9 Å². The van der Waals surface area contributed by atoms with E-state index < -0.39 is 0 Å². The van der Waals surface area contributed by atoms with Crippen molar-refractivity contribution in [3.05, 3.63) is 28.5 Å². The Balaban J connectivity index is 2.68. The minimum absolute atomic E-state index is 0.216. The van der Waals surface area contributed by atoms with Crippen molar-refractivity contribution in [2.75, 3.05) is 11.9 Å². The zero-order chi connectivity index (χ0) is 10.8. The van der Waals surface area contributed by atoms with Crippen molar-refractivity contribution in [1.29, 1.82) is 0 Å². The highest BCUT2D eigenvalue weighted by atomic mass is 79.9. The van der Waals surface area contributed by atoms with Gasteiger partial charge in [0, 0.05) is 16.7 Å². The quantitative estimate of drug-likeness (QED) is 0.845. The van der Waals surface area contributed by atoms with E-state index in [0.717, 1.165) is 16.7 Å². The van der Waals surface area contributed by atoms with Crippen molar-refractivity contribution in [2.24, 2.45) is 5.41 Å². The molecule has 0 aliphatic carbocycles. The van der Waals surface area contributed by atoms with Crippen LogP contribution in [0, 0.1) is 11.2 Å². The summed E-state index contributed by atoms with van der Waals surface area (Å²) in [4.78, 5) is 0. The van der Waals surface area contributed by atoms with Gasteiger partial charge in [0.25, 0.3) is 0 Å². The van der Waals surface area contributed by atoms with Gasteiger partial charge in [0.1, 0.15) is 5.82 Å². The Kier molecular flexibility index (Phi) is 3.53. The third kappa shape index (κ3) is 3.66. The number of hydrogen-bond acceptors (Lipinski definition) is 1. The molecule has 1 aromatic rings. The second-order valence-electron chi connectivity index (χ2n) is 4.54. The highest BCUT2D eigenvalue weighted by molar-refractivity contribution is 9.10. The van der Waals surface area contributed by atoms with E-state index in [4.69, 9.17) is 0 Å².